The molecule has 1 atom stereocenters. The molecule has 1 saturated carbocycles. The minimum absolute atomic E-state index is 0.0815. The van der Waals surface area contributed by atoms with Crippen LogP contribution in [0.25, 0.3) is 0 Å². The number of ketones is 1. The van der Waals surface area contributed by atoms with Crippen LogP contribution in [0.2, 0.25) is 0 Å². The molecule has 0 N–H and O–H groups in total. The van der Waals surface area contributed by atoms with Crippen molar-refractivity contribution in [3.63, 3.8) is 0 Å². The molecule has 1 aliphatic carbocycles. The van der Waals surface area contributed by atoms with Crippen molar-refractivity contribution in [2.75, 3.05) is 0 Å². The fraction of sp³-hybridized carbons (Fsp3) is 0.364. The van der Waals surface area contributed by atoms with Gasteiger partial charge in [0.15, 0.2) is 0 Å². The molecular weight excluding hydrogens is 247 g/mol. The van der Waals surface area contributed by atoms with Gasteiger partial charge in [-0.1, -0.05) is 15.9 Å². The van der Waals surface area contributed by atoms with Crippen LogP contribution in [0, 0.1) is 5.82 Å². The predicted octanol–water partition coefficient (Wildman–Crippen LogP) is 3.42. The van der Waals surface area contributed by atoms with Crippen LogP contribution in [0.5, 0.6) is 0 Å². The number of hydrogen-bond acceptors (Lipinski definition) is 1. The second kappa shape index (κ2) is 3.81. The Morgan fingerprint density at radius 3 is 2.71 bits per heavy atom. The molecule has 0 radical (unpaired) electrons. The first kappa shape index (κ1) is 9.84. The van der Waals surface area contributed by atoms with E-state index in [1.807, 2.05) is 6.07 Å². The summed E-state index contributed by atoms with van der Waals surface area (Å²) in [4.78, 5) is 11.5. The Morgan fingerprint density at radius 1 is 1.36 bits per heavy atom. The zero-order chi connectivity index (χ0) is 10.1. The average molecular weight is 257 g/mol. The summed E-state index contributed by atoms with van der Waals surface area (Å²) in [5, 5.41) is 0. The SMILES string of the molecule is O=C1CCCC1c1cc(F)cc(Br)c1. The average Bonchev–Trinajstić information content (AvgIpc) is 2.49. The smallest absolute Gasteiger partial charge is 0.140 e. The first-order valence-electron chi connectivity index (χ1n) is 4.65. The van der Waals surface area contributed by atoms with Gasteiger partial charge in [-0.15, -0.1) is 0 Å². The number of carbonyl (C=O) groups excluding carboxylic acids is 1. The Kier molecular flexibility index (Phi) is 2.68. The van der Waals surface area contributed by atoms with E-state index in [2.05, 4.69) is 15.9 Å². The second-order valence-corrected chi connectivity index (χ2v) is 4.53. The van der Waals surface area contributed by atoms with Crippen LogP contribution in [-0.4, -0.2) is 5.78 Å². The molecule has 0 saturated heterocycles. The summed E-state index contributed by atoms with van der Waals surface area (Å²) in [5.41, 5.74) is 0.805. The number of benzene rings is 1. The van der Waals surface area contributed by atoms with Crippen LogP contribution in [0.15, 0.2) is 22.7 Å². The van der Waals surface area contributed by atoms with Crippen LogP contribution in [0.4, 0.5) is 4.39 Å². The van der Waals surface area contributed by atoms with Crippen LogP contribution in [0.3, 0.4) is 0 Å². The maximum Gasteiger partial charge on any atom is 0.140 e. The van der Waals surface area contributed by atoms with Gasteiger partial charge in [0, 0.05) is 16.8 Å². The van der Waals surface area contributed by atoms with Crippen molar-refractivity contribution in [3.05, 3.63) is 34.1 Å². The maximum absolute atomic E-state index is 13.1. The van der Waals surface area contributed by atoms with Gasteiger partial charge in [-0.3, -0.25) is 4.79 Å². The largest absolute Gasteiger partial charge is 0.299 e. The maximum atomic E-state index is 13.1. The molecule has 0 aromatic heterocycles. The van der Waals surface area contributed by atoms with Gasteiger partial charge in [-0.25, -0.2) is 4.39 Å². The molecule has 1 aromatic carbocycles. The third-order valence-electron chi connectivity index (χ3n) is 2.59. The van der Waals surface area contributed by atoms with Gasteiger partial charge in [0.25, 0.3) is 0 Å². The zero-order valence-electron chi connectivity index (χ0n) is 7.59. The molecule has 0 aliphatic heterocycles. The van der Waals surface area contributed by atoms with Crippen molar-refractivity contribution in [2.24, 2.45) is 0 Å². The molecule has 1 nitrogen and oxygen atoms in total. The standard InChI is InChI=1S/C11H10BrFO/c12-8-4-7(5-9(13)6-8)10-2-1-3-11(10)14/h4-6,10H,1-3H2. The molecule has 1 unspecified atom stereocenters. The van der Waals surface area contributed by atoms with Crippen LogP contribution in [0.1, 0.15) is 30.7 Å². The van der Waals surface area contributed by atoms with Crippen LogP contribution >= 0.6 is 15.9 Å². The van der Waals surface area contributed by atoms with Crippen molar-refractivity contribution in [3.8, 4) is 0 Å². The van der Waals surface area contributed by atoms with E-state index in [4.69, 9.17) is 0 Å². The van der Waals surface area contributed by atoms with E-state index in [0.717, 1.165) is 18.4 Å². The highest BCUT2D eigenvalue weighted by atomic mass is 79.9. The van der Waals surface area contributed by atoms with Gasteiger partial charge < -0.3 is 0 Å². The molecular formula is C11H10BrFO. The van der Waals surface area contributed by atoms with E-state index in [9.17, 15) is 9.18 Å². The molecule has 1 fully saturated rings. The predicted molar refractivity (Wildman–Crippen MR) is 55.7 cm³/mol. The van der Waals surface area contributed by atoms with E-state index in [0.29, 0.717) is 10.9 Å². The first-order chi connectivity index (χ1) is 6.66. The minimum atomic E-state index is -0.283. The highest BCUT2D eigenvalue weighted by Gasteiger charge is 2.26. The van der Waals surface area contributed by atoms with Gasteiger partial charge in [-0.2, -0.15) is 0 Å². The molecule has 3 heteroatoms. The lowest BCUT2D eigenvalue weighted by Crippen LogP contribution is -2.04. The summed E-state index contributed by atoms with van der Waals surface area (Å²) in [6, 6.07) is 4.69. The molecule has 1 aromatic rings. The minimum Gasteiger partial charge on any atom is -0.299 e. The molecule has 0 bridgehead atoms. The van der Waals surface area contributed by atoms with E-state index in [1.54, 1.807) is 0 Å². The number of Topliss-reactive ketones (excluding diaryl/α,β-unsaturated/α-hetero) is 1. The third kappa shape index (κ3) is 1.87. The lowest BCUT2D eigenvalue weighted by Gasteiger charge is -2.08. The first-order valence-corrected chi connectivity index (χ1v) is 5.45. The molecule has 2 rings (SSSR count). The molecule has 1 aliphatic rings. The quantitative estimate of drug-likeness (QED) is 0.753. The van der Waals surface area contributed by atoms with E-state index >= 15 is 0 Å². The van der Waals surface area contributed by atoms with E-state index < -0.39 is 0 Å². The Labute approximate surface area is 90.4 Å². The second-order valence-electron chi connectivity index (χ2n) is 3.61. The number of rotatable bonds is 1. The topological polar surface area (TPSA) is 17.1 Å². The number of carbonyl (C=O) groups is 1. The number of halogens is 2. The van der Waals surface area contributed by atoms with Gasteiger partial charge in [0.2, 0.25) is 0 Å². The van der Waals surface area contributed by atoms with Crippen molar-refractivity contribution >= 4 is 21.7 Å². The Morgan fingerprint density at radius 2 is 2.14 bits per heavy atom. The fourth-order valence-corrected chi connectivity index (χ4v) is 2.43. The summed E-state index contributed by atoms with van der Waals surface area (Å²) in [6.07, 6.45) is 2.42. The Hall–Kier alpha value is -0.700. The van der Waals surface area contributed by atoms with Gasteiger partial charge >= 0.3 is 0 Å². The summed E-state index contributed by atoms with van der Waals surface area (Å²) < 4.78 is 13.8. The monoisotopic (exact) mass is 256 g/mol. The van der Waals surface area contributed by atoms with Crippen LogP contribution < -0.4 is 0 Å². The van der Waals surface area contributed by atoms with Crippen molar-refractivity contribution in [1.29, 1.82) is 0 Å². The van der Waals surface area contributed by atoms with E-state index in [1.165, 1.54) is 12.1 Å². The van der Waals surface area contributed by atoms with Crippen molar-refractivity contribution in [1.82, 2.24) is 0 Å². The molecule has 74 valence electrons. The van der Waals surface area contributed by atoms with Crippen molar-refractivity contribution < 1.29 is 9.18 Å². The van der Waals surface area contributed by atoms with Crippen molar-refractivity contribution in [2.45, 2.75) is 25.2 Å². The summed E-state index contributed by atoms with van der Waals surface area (Å²) in [6.45, 7) is 0. The van der Waals surface area contributed by atoms with Gasteiger partial charge in [0.05, 0.1) is 0 Å². The lowest BCUT2D eigenvalue weighted by atomic mass is 9.97. The molecule has 0 spiro atoms. The van der Waals surface area contributed by atoms with E-state index in [-0.39, 0.29) is 17.5 Å². The van der Waals surface area contributed by atoms with Gasteiger partial charge in [-0.05, 0) is 36.6 Å². The summed E-state index contributed by atoms with van der Waals surface area (Å²) in [7, 11) is 0. The fourth-order valence-electron chi connectivity index (χ4n) is 1.94. The summed E-state index contributed by atoms with van der Waals surface area (Å²) in [5.74, 6) is -0.126. The molecule has 0 amide bonds. The third-order valence-corrected chi connectivity index (χ3v) is 3.05. The number of hydrogen-bond donors (Lipinski definition) is 0. The normalized spacial score (nSPS) is 21.6. The Balaban J connectivity index is 2.35. The summed E-state index contributed by atoms with van der Waals surface area (Å²) >= 11 is 3.23. The highest BCUT2D eigenvalue weighted by molar-refractivity contribution is 9.10. The molecule has 0 heterocycles. The van der Waals surface area contributed by atoms with Gasteiger partial charge in [0.1, 0.15) is 11.6 Å². The van der Waals surface area contributed by atoms with Crippen LogP contribution in [-0.2, 0) is 4.79 Å². The highest BCUT2D eigenvalue weighted by Crippen LogP contribution is 2.32. The Bertz CT molecular complexity index is 355. The molecule has 14 heavy (non-hydrogen) atoms. The zero-order valence-corrected chi connectivity index (χ0v) is 9.18. The lowest BCUT2D eigenvalue weighted by molar-refractivity contribution is -0.118.